The number of aryl methyl sites for hydroxylation is 2. The van der Waals surface area contributed by atoms with Crippen molar-refractivity contribution in [1.82, 2.24) is 15.3 Å². The van der Waals surface area contributed by atoms with Crippen molar-refractivity contribution in [3.05, 3.63) is 52.5 Å². The maximum Gasteiger partial charge on any atom is 0.280 e. The molecule has 23 heavy (non-hydrogen) atoms. The molecule has 1 unspecified atom stereocenters. The normalized spacial score (nSPS) is 12.5. The molecule has 2 heterocycles. The van der Waals surface area contributed by atoms with Crippen molar-refractivity contribution in [2.75, 3.05) is 7.11 Å². The number of alkyl halides is 2. The van der Waals surface area contributed by atoms with Gasteiger partial charge in [0.1, 0.15) is 5.69 Å². The van der Waals surface area contributed by atoms with Gasteiger partial charge in [0.05, 0.1) is 7.11 Å². The molecule has 2 aromatic rings. The van der Waals surface area contributed by atoms with Crippen molar-refractivity contribution >= 4 is 0 Å². The molecule has 1 atom stereocenters. The number of pyridine rings is 2. The van der Waals surface area contributed by atoms with E-state index in [1.807, 2.05) is 26.8 Å². The van der Waals surface area contributed by atoms with Gasteiger partial charge in [-0.3, -0.25) is 4.98 Å². The second kappa shape index (κ2) is 7.46. The van der Waals surface area contributed by atoms with Crippen LogP contribution in [0.2, 0.25) is 0 Å². The second-order valence-corrected chi connectivity index (χ2v) is 5.49. The molecule has 0 saturated heterocycles. The Labute approximate surface area is 134 Å². The lowest BCUT2D eigenvalue weighted by Gasteiger charge is -2.17. The lowest BCUT2D eigenvalue weighted by Crippen LogP contribution is -2.20. The van der Waals surface area contributed by atoms with Crippen molar-refractivity contribution in [2.24, 2.45) is 0 Å². The van der Waals surface area contributed by atoms with Gasteiger partial charge < -0.3 is 10.1 Å². The Hall–Kier alpha value is -2.08. The minimum Gasteiger partial charge on any atom is -0.481 e. The summed E-state index contributed by atoms with van der Waals surface area (Å²) in [6.07, 6.45) is -1.06. The average molecular weight is 321 g/mol. The zero-order valence-corrected chi connectivity index (χ0v) is 13.7. The van der Waals surface area contributed by atoms with Gasteiger partial charge in [0.15, 0.2) is 0 Å². The lowest BCUT2D eigenvalue weighted by atomic mass is 10.1. The van der Waals surface area contributed by atoms with Gasteiger partial charge in [0.2, 0.25) is 5.88 Å². The van der Waals surface area contributed by atoms with Crippen LogP contribution in [0.4, 0.5) is 8.78 Å². The fourth-order valence-corrected chi connectivity index (χ4v) is 2.39. The predicted octanol–water partition coefficient (Wildman–Crippen LogP) is 3.89. The quantitative estimate of drug-likeness (QED) is 0.877. The second-order valence-electron chi connectivity index (χ2n) is 5.49. The topological polar surface area (TPSA) is 47.0 Å². The van der Waals surface area contributed by atoms with Crippen molar-refractivity contribution < 1.29 is 13.5 Å². The monoisotopic (exact) mass is 321 g/mol. The Morgan fingerprint density at radius 2 is 2.00 bits per heavy atom. The van der Waals surface area contributed by atoms with Crippen molar-refractivity contribution in [3.8, 4) is 5.88 Å². The van der Waals surface area contributed by atoms with Gasteiger partial charge in [-0.05, 0) is 44.0 Å². The van der Waals surface area contributed by atoms with Crippen molar-refractivity contribution in [2.45, 2.75) is 39.8 Å². The number of nitrogens with one attached hydrogen (secondary N) is 1. The molecule has 124 valence electrons. The van der Waals surface area contributed by atoms with Gasteiger partial charge in [-0.2, -0.15) is 0 Å². The van der Waals surface area contributed by atoms with Gasteiger partial charge in [-0.25, -0.2) is 13.8 Å². The number of halogens is 2. The Kier molecular flexibility index (Phi) is 5.60. The van der Waals surface area contributed by atoms with Crippen LogP contribution in [0.3, 0.4) is 0 Å². The highest BCUT2D eigenvalue weighted by atomic mass is 19.3. The molecule has 0 radical (unpaired) electrons. The fraction of sp³-hybridized carbons (Fsp3) is 0.412. The van der Waals surface area contributed by atoms with E-state index in [1.54, 1.807) is 13.2 Å². The number of methoxy groups -OCH3 is 1. The van der Waals surface area contributed by atoms with Crippen LogP contribution < -0.4 is 10.1 Å². The summed E-state index contributed by atoms with van der Waals surface area (Å²) < 4.78 is 30.4. The smallest absolute Gasteiger partial charge is 0.280 e. The molecule has 1 N–H and O–H groups in total. The van der Waals surface area contributed by atoms with Crippen LogP contribution in [0.5, 0.6) is 5.88 Å². The molecule has 2 rings (SSSR count). The molecule has 0 saturated carbocycles. The van der Waals surface area contributed by atoms with E-state index in [0.717, 1.165) is 22.4 Å². The average Bonchev–Trinajstić information content (AvgIpc) is 2.53. The summed E-state index contributed by atoms with van der Waals surface area (Å²) in [6, 6.07) is 5.00. The zero-order chi connectivity index (χ0) is 17.0. The van der Waals surface area contributed by atoms with Crippen LogP contribution in [-0.2, 0) is 6.54 Å². The predicted molar refractivity (Wildman–Crippen MR) is 84.7 cm³/mol. The van der Waals surface area contributed by atoms with E-state index in [4.69, 9.17) is 4.74 Å². The van der Waals surface area contributed by atoms with Crippen LogP contribution in [0.1, 0.15) is 47.5 Å². The maximum atomic E-state index is 12.5. The summed E-state index contributed by atoms with van der Waals surface area (Å²) in [5.41, 5.74) is 3.64. The van der Waals surface area contributed by atoms with Gasteiger partial charge in [-0.15, -0.1) is 0 Å². The van der Waals surface area contributed by atoms with Crippen molar-refractivity contribution in [3.63, 3.8) is 0 Å². The Balaban J connectivity index is 2.08. The molecule has 0 aliphatic heterocycles. The number of aromatic nitrogens is 2. The number of ether oxygens (including phenoxy) is 1. The maximum absolute atomic E-state index is 12.5. The molecular formula is C17H21F2N3O. The molecule has 0 aliphatic carbocycles. The van der Waals surface area contributed by atoms with E-state index in [1.165, 1.54) is 12.3 Å². The first-order valence-corrected chi connectivity index (χ1v) is 7.41. The summed E-state index contributed by atoms with van der Waals surface area (Å²) in [5.74, 6) is 0.605. The Bertz CT molecular complexity index is 660. The number of nitrogens with zero attached hydrogens (tertiary/aromatic N) is 2. The molecule has 0 bridgehead atoms. The fourth-order valence-electron chi connectivity index (χ4n) is 2.39. The molecule has 2 aromatic heterocycles. The van der Waals surface area contributed by atoms with Gasteiger partial charge in [0.25, 0.3) is 6.43 Å². The number of hydrogen-bond donors (Lipinski definition) is 1. The summed E-state index contributed by atoms with van der Waals surface area (Å²) in [7, 11) is 1.60. The zero-order valence-electron chi connectivity index (χ0n) is 13.7. The van der Waals surface area contributed by atoms with Crippen LogP contribution in [-0.4, -0.2) is 17.1 Å². The highest BCUT2D eigenvalue weighted by Gasteiger charge is 2.13. The first kappa shape index (κ1) is 17.3. The molecule has 0 fully saturated rings. The van der Waals surface area contributed by atoms with Crippen LogP contribution in [0.25, 0.3) is 0 Å². The largest absolute Gasteiger partial charge is 0.481 e. The van der Waals surface area contributed by atoms with Crippen LogP contribution in [0.15, 0.2) is 24.4 Å². The molecule has 0 aliphatic rings. The molecule has 6 heteroatoms. The standard InChI is InChI=1S/C17H21F2N3O/c1-10-7-11(2)22-17(23-4)14(10)9-20-12(3)13-5-6-15(16(18)19)21-8-13/h5-8,12,16,20H,9H2,1-4H3. The molecule has 0 spiro atoms. The SMILES string of the molecule is COc1nc(C)cc(C)c1CNC(C)c1ccc(C(F)F)nc1. The van der Waals surface area contributed by atoms with E-state index >= 15 is 0 Å². The third-order valence-corrected chi connectivity index (χ3v) is 3.75. The van der Waals surface area contributed by atoms with E-state index in [0.29, 0.717) is 12.4 Å². The highest BCUT2D eigenvalue weighted by Crippen LogP contribution is 2.22. The highest BCUT2D eigenvalue weighted by molar-refractivity contribution is 5.36. The lowest BCUT2D eigenvalue weighted by molar-refractivity contribution is 0.146. The summed E-state index contributed by atoms with van der Waals surface area (Å²) in [6.45, 7) is 6.46. The third kappa shape index (κ3) is 4.22. The van der Waals surface area contributed by atoms with E-state index in [-0.39, 0.29) is 11.7 Å². The Morgan fingerprint density at radius 3 is 2.57 bits per heavy atom. The summed E-state index contributed by atoms with van der Waals surface area (Å²) in [4.78, 5) is 8.17. The molecule has 0 amide bonds. The van der Waals surface area contributed by atoms with Gasteiger partial charge in [0, 0.05) is 30.0 Å². The third-order valence-electron chi connectivity index (χ3n) is 3.75. The summed E-state index contributed by atoms with van der Waals surface area (Å²) >= 11 is 0. The van der Waals surface area contributed by atoms with E-state index in [2.05, 4.69) is 15.3 Å². The minimum atomic E-state index is -2.54. The Morgan fingerprint density at radius 1 is 1.26 bits per heavy atom. The van der Waals surface area contributed by atoms with E-state index in [9.17, 15) is 8.78 Å². The van der Waals surface area contributed by atoms with Crippen molar-refractivity contribution in [1.29, 1.82) is 0 Å². The van der Waals surface area contributed by atoms with E-state index < -0.39 is 6.43 Å². The molecule has 4 nitrogen and oxygen atoms in total. The minimum absolute atomic E-state index is 0.0281. The van der Waals surface area contributed by atoms with Gasteiger partial charge in [-0.1, -0.05) is 6.07 Å². The van der Waals surface area contributed by atoms with Gasteiger partial charge >= 0.3 is 0 Å². The molecule has 0 aromatic carbocycles. The first-order valence-electron chi connectivity index (χ1n) is 7.41. The number of rotatable bonds is 6. The summed E-state index contributed by atoms with van der Waals surface area (Å²) in [5, 5.41) is 3.35. The first-order chi connectivity index (χ1) is 10.9. The van der Waals surface area contributed by atoms with Crippen LogP contribution in [0, 0.1) is 13.8 Å². The number of hydrogen-bond acceptors (Lipinski definition) is 4. The molecular weight excluding hydrogens is 300 g/mol. The van der Waals surface area contributed by atoms with Crippen LogP contribution >= 0.6 is 0 Å².